The Balaban J connectivity index is 2.31. The predicted octanol–water partition coefficient (Wildman–Crippen LogP) is 0.173. The minimum Gasteiger partial charge on any atom is -0.337 e. The van der Waals surface area contributed by atoms with Crippen LogP contribution in [0.25, 0.3) is 0 Å². The maximum atomic E-state index is 11.7. The molecule has 1 rings (SSSR count). The van der Waals surface area contributed by atoms with E-state index in [4.69, 9.17) is 6.42 Å². The lowest BCUT2D eigenvalue weighted by molar-refractivity contribution is -0.131. The van der Waals surface area contributed by atoms with Crippen molar-refractivity contribution in [1.82, 2.24) is 10.2 Å². The first kappa shape index (κ1) is 11.4. The number of terminal acetylenes is 1. The Kier molecular flexibility index (Phi) is 4.85. The molecule has 0 bridgehead atoms. The summed E-state index contributed by atoms with van der Waals surface area (Å²) in [5.74, 6) is 4.70. The molecule has 0 aromatic carbocycles. The summed E-state index contributed by atoms with van der Waals surface area (Å²) < 4.78 is 0. The third-order valence-electron chi connectivity index (χ3n) is 2.19. The predicted molar refractivity (Wildman–Crippen MR) is 60.2 cm³/mol. The summed E-state index contributed by atoms with van der Waals surface area (Å²) in [7, 11) is 0. The van der Waals surface area contributed by atoms with Crippen molar-refractivity contribution < 1.29 is 4.79 Å². The molecule has 1 saturated heterocycles. The van der Waals surface area contributed by atoms with Crippen LogP contribution in [0.2, 0.25) is 0 Å². The van der Waals surface area contributed by atoms with E-state index in [0.29, 0.717) is 19.1 Å². The molecule has 0 radical (unpaired) electrons. The molecule has 1 aliphatic rings. The lowest BCUT2D eigenvalue weighted by Crippen LogP contribution is -2.47. The standard InChI is InChI=1S/C10H16N2OS/c1-3-4-11-7-10(13)12-5-6-14-8-9(12)2/h1,9,11H,4-8H2,2H3. The van der Waals surface area contributed by atoms with E-state index in [1.165, 1.54) is 0 Å². The first-order chi connectivity index (χ1) is 6.75. The maximum Gasteiger partial charge on any atom is 0.236 e. The van der Waals surface area contributed by atoms with Crippen LogP contribution >= 0.6 is 11.8 Å². The fraction of sp³-hybridized carbons (Fsp3) is 0.700. The molecule has 0 aromatic rings. The van der Waals surface area contributed by atoms with E-state index in [1.54, 1.807) is 0 Å². The van der Waals surface area contributed by atoms with Crippen LogP contribution in [0.1, 0.15) is 6.92 Å². The quantitative estimate of drug-likeness (QED) is 0.535. The van der Waals surface area contributed by atoms with Crippen LogP contribution in [0.3, 0.4) is 0 Å². The summed E-state index contributed by atoms with van der Waals surface area (Å²) in [5, 5.41) is 2.92. The van der Waals surface area contributed by atoms with E-state index in [0.717, 1.165) is 18.1 Å². The second-order valence-electron chi connectivity index (χ2n) is 3.32. The van der Waals surface area contributed by atoms with E-state index in [1.807, 2.05) is 16.7 Å². The van der Waals surface area contributed by atoms with Gasteiger partial charge < -0.3 is 4.90 Å². The zero-order chi connectivity index (χ0) is 10.4. The first-order valence-corrected chi connectivity index (χ1v) is 5.92. The van der Waals surface area contributed by atoms with Gasteiger partial charge in [0.05, 0.1) is 13.1 Å². The van der Waals surface area contributed by atoms with Crippen molar-refractivity contribution >= 4 is 17.7 Å². The van der Waals surface area contributed by atoms with Gasteiger partial charge in [0.15, 0.2) is 0 Å². The summed E-state index contributed by atoms with van der Waals surface area (Å²) in [4.78, 5) is 13.6. The fourth-order valence-corrected chi connectivity index (χ4v) is 2.45. The third kappa shape index (κ3) is 3.24. The van der Waals surface area contributed by atoms with Crippen molar-refractivity contribution in [2.75, 3.05) is 31.1 Å². The number of hydrogen-bond acceptors (Lipinski definition) is 3. The molecular weight excluding hydrogens is 196 g/mol. The van der Waals surface area contributed by atoms with Gasteiger partial charge in [0.25, 0.3) is 0 Å². The van der Waals surface area contributed by atoms with Crippen LogP contribution in [0.4, 0.5) is 0 Å². The van der Waals surface area contributed by atoms with Crippen molar-refractivity contribution in [1.29, 1.82) is 0 Å². The van der Waals surface area contributed by atoms with Crippen LogP contribution in [-0.4, -0.2) is 48.0 Å². The number of rotatable bonds is 3. The third-order valence-corrected chi connectivity index (χ3v) is 3.38. The molecule has 1 unspecified atom stereocenters. The van der Waals surface area contributed by atoms with Crippen molar-refractivity contribution in [3.63, 3.8) is 0 Å². The molecule has 4 heteroatoms. The zero-order valence-electron chi connectivity index (χ0n) is 8.45. The van der Waals surface area contributed by atoms with Gasteiger partial charge in [0.2, 0.25) is 5.91 Å². The second-order valence-corrected chi connectivity index (χ2v) is 4.47. The molecule has 3 nitrogen and oxygen atoms in total. The van der Waals surface area contributed by atoms with Gasteiger partial charge in [0.1, 0.15) is 0 Å². The van der Waals surface area contributed by atoms with E-state index in [2.05, 4.69) is 18.2 Å². The number of nitrogens with zero attached hydrogens (tertiary/aromatic N) is 1. The lowest BCUT2D eigenvalue weighted by atomic mass is 10.3. The number of nitrogens with one attached hydrogen (secondary N) is 1. The van der Waals surface area contributed by atoms with Crippen molar-refractivity contribution in [3.05, 3.63) is 0 Å². The topological polar surface area (TPSA) is 32.3 Å². The van der Waals surface area contributed by atoms with Crippen LogP contribution in [-0.2, 0) is 4.79 Å². The highest BCUT2D eigenvalue weighted by atomic mass is 32.2. The van der Waals surface area contributed by atoms with Crippen LogP contribution < -0.4 is 5.32 Å². The minimum absolute atomic E-state index is 0.160. The lowest BCUT2D eigenvalue weighted by Gasteiger charge is -2.33. The highest BCUT2D eigenvalue weighted by molar-refractivity contribution is 7.99. The Morgan fingerprint density at radius 3 is 3.21 bits per heavy atom. The van der Waals surface area contributed by atoms with E-state index in [-0.39, 0.29) is 5.91 Å². The van der Waals surface area contributed by atoms with Crippen LogP contribution in [0.5, 0.6) is 0 Å². The number of amides is 1. The molecular formula is C10H16N2OS. The Labute approximate surface area is 89.6 Å². The van der Waals surface area contributed by atoms with Gasteiger partial charge >= 0.3 is 0 Å². The average Bonchev–Trinajstić information content (AvgIpc) is 2.18. The van der Waals surface area contributed by atoms with Gasteiger partial charge in [-0.05, 0) is 6.92 Å². The highest BCUT2D eigenvalue weighted by Crippen LogP contribution is 2.15. The summed E-state index contributed by atoms with van der Waals surface area (Å²) in [6.45, 7) is 3.77. The maximum absolute atomic E-state index is 11.7. The molecule has 1 fully saturated rings. The van der Waals surface area contributed by atoms with Crippen molar-refractivity contribution in [2.24, 2.45) is 0 Å². The SMILES string of the molecule is C#CCNCC(=O)N1CCSCC1C. The second kappa shape index (κ2) is 5.94. The van der Waals surface area contributed by atoms with E-state index >= 15 is 0 Å². The van der Waals surface area contributed by atoms with Gasteiger partial charge in [-0.3, -0.25) is 10.1 Å². The normalized spacial score (nSPS) is 21.7. The largest absolute Gasteiger partial charge is 0.337 e. The summed E-state index contributed by atoms with van der Waals surface area (Å²) in [6, 6.07) is 0.355. The smallest absolute Gasteiger partial charge is 0.236 e. The Morgan fingerprint density at radius 2 is 2.57 bits per heavy atom. The van der Waals surface area contributed by atoms with Crippen molar-refractivity contribution in [2.45, 2.75) is 13.0 Å². The molecule has 1 N–H and O–H groups in total. The number of carbonyl (C=O) groups excluding carboxylic acids is 1. The summed E-state index contributed by atoms with van der Waals surface area (Å²) in [5.41, 5.74) is 0. The van der Waals surface area contributed by atoms with Gasteiger partial charge in [0, 0.05) is 24.1 Å². The molecule has 0 aliphatic carbocycles. The van der Waals surface area contributed by atoms with Crippen molar-refractivity contribution in [3.8, 4) is 12.3 Å². The Bertz CT molecular complexity index is 237. The van der Waals surface area contributed by atoms with Gasteiger partial charge in [-0.1, -0.05) is 5.92 Å². The monoisotopic (exact) mass is 212 g/mol. The van der Waals surface area contributed by atoms with E-state index < -0.39 is 0 Å². The highest BCUT2D eigenvalue weighted by Gasteiger charge is 2.22. The number of hydrogen-bond donors (Lipinski definition) is 1. The average molecular weight is 212 g/mol. The molecule has 0 aromatic heterocycles. The fourth-order valence-electron chi connectivity index (χ4n) is 1.44. The van der Waals surface area contributed by atoms with Gasteiger partial charge in [-0.25, -0.2) is 0 Å². The van der Waals surface area contributed by atoms with Gasteiger partial charge in [-0.15, -0.1) is 6.42 Å². The molecule has 1 amide bonds. The molecule has 1 heterocycles. The Morgan fingerprint density at radius 1 is 1.79 bits per heavy atom. The molecule has 0 saturated carbocycles. The van der Waals surface area contributed by atoms with E-state index in [9.17, 15) is 4.79 Å². The minimum atomic E-state index is 0.160. The molecule has 14 heavy (non-hydrogen) atoms. The van der Waals surface area contributed by atoms with Crippen LogP contribution in [0.15, 0.2) is 0 Å². The van der Waals surface area contributed by atoms with Gasteiger partial charge in [-0.2, -0.15) is 11.8 Å². The molecule has 1 aliphatic heterocycles. The summed E-state index contributed by atoms with van der Waals surface area (Å²) in [6.07, 6.45) is 5.08. The first-order valence-electron chi connectivity index (χ1n) is 4.77. The molecule has 78 valence electrons. The number of carbonyl (C=O) groups is 1. The molecule has 1 atom stereocenters. The zero-order valence-corrected chi connectivity index (χ0v) is 9.27. The number of thioether (sulfide) groups is 1. The Hall–Kier alpha value is -0.660. The summed E-state index contributed by atoms with van der Waals surface area (Å²) >= 11 is 1.91. The van der Waals surface area contributed by atoms with Crippen LogP contribution in [0, 0.1) is 12.3 Å². The molecule has 0 spiro atoms.